The van der Waals surface area contributed by atoms with Crippen LogP contribution < -0.4 is 10.9 Å². The largest absolute Gasteiger partial charge is 0.418 e. The maximum Gasteiger partial charge on any atom is 0.418 e. The Morgan fingerprint density at radius 3 is 2.37 bits per heavy atom. The van der Waals surface area contributed by atoms with Gasteiger partial charge in [-0.05, 0) is 36.4 Å². The summed E-state index contributed by atoms with van der Waals surface area (Å²) < 4.78 is 39.0. The van der Waals surface area contributed by atoms with Crippen molar-refractivity contribution in [1.82, 2.24) is 9.97 Å². The van der Waals surface area contributed by atoms with E-state index in [2.05, 4.69) is 15.3 Å². The third kappa shape index (κ3) is 4.17. The molecule has 5 nitrogen and oxygen atoms in total. The fourth-order valence-electron chi connectivity index (χ4n) is 2.34. The number of rotatable bonds is 3. The van der Waals surface area contributed by atoms with Gasteiger partial charge in [-0.3, -0.25) is 9.59 Å². The van der Waals surface area contributed by atoms with Gasteiger partial charge in [0.1, 0.15) is 11.4 Å². The fourth-order valence-corrected chi connectivity index (χ4v) is 2.47. The number of carbonyl (C=O) groups excluding carboxylic acids is 1. The highest BCUT2D eigenvalue weighted by Gasteiger charge is 2.33. The molecular weight excluding hydrogens is 383 g/mol. The lowest BCUT2D eigenvalue weighted by molar-refractivity contribution is -0.136. The Morgan fingerprint density at radius 2 is 1.74 bits per heavy atom. The van der Waals surface area contributed by atoms with Crippen molar-refractivity contribution in [2.45, 2.75) is 6.18 Å². The number of benzene rings is 2. The summed E-state index contributed by atoms with van der Waals surface area (Å²) in [5, 5.41) is 2.60. The smallest absolute Gasteiger partial charge is 0.321 e. The lowest BCUT2D eigenvalue weighted by Gasteiger charge is -2.13. The van der Waals surface area contributed by atoms with Crippen LogP contribution in [0.2, 0.25) is 5.02 Å². The Morgan fingerprint density at radius 1 is 1.07 bits per heavy atom. The maximum atomic E-state index is 13.0. The summed E-state index contributed by atoms with van der Waals surface area (Å²) in [7, 11) is 0. The molecule has 0 aliphatic carbocycles. The molecule has 0 saturated carbocycles. The van der Waals surface area contributed by atoms with E-state index in [1.54, 1.807) is 24.3 Å². The minimum atomic E-state index is -4.65. The van der Waals surface area contributed by atoms with E-state index in [1.807, 2.05) is 0 Å². The van der Waals surface area contributed by atoms with E-state index in [0.29, 0.717) is 10.6 Å². The molecule has 3 rings (SSSR count). The second kappa shape index (κ2) is 7.24. The van der Waals surface area contributed by atoms with E-state index >= 15 is 0 Å². The van der Waals surface area contributed by atoms with Gasteiger partial charge in [0.05, 0.1) is 11.3 Å². The van der Waals surface area contributed by atoms with E-state index in [0.717, 1.165) is 18.3 Å². The predicted molar refractivity (Wildman–Crippen MR) is 94.7 cm³/mol. The van der Waals surface area contributed by atoms with Crippen LogP contribution >= 0.6 is 11.6 Å². The maximum absolute atomic E-state index is 13.0. The minimum Gasteiger partial charge on any atom is -0.321 e. The topological polar surface area (TPSA) is 74.8 Å². The molecule has 2 aromatic carbocycles. The number of amides is 1. The first-order valence-electron chi connectivity index (χ1n) is 7.58. The summed E-state index contributed by atoms with van der Waals surface area (Å²) >= 11 is 5.79. The number of nitrogens with one attached hydrogen (secondary N) is 2. The lowest BCUT2D eigenvalue weighted by Crippen LogP contribution is -2.25. The Balaban J connectivity index is 1.89. The van der Waals surface area contributed by atoms with Gasteiger partial charge in [-0.2, -0.15) is 13.2 Å². The number of anilines is 1. The first-order chi connectivity index (χ1) is 12.8. The SMILES string of the molecule is O=C(Nc1ccccc1C(F)(F)F)c1cnc(-c2ccc(Cl)cc2)[nH]c1=O. The highest BCUT2D eigenvalue weighted by molar-refractivity contribution is 6.30. The number of aromatic amines is 1. The van der Waals surface area contributed by atoms with Gasteiger partial charge in [-0.15, -0.1) is 0 Å². The second-order valence-corrected chi connectivity index (χ2v) is 5.92. The Hall–Kier alpha value is -3.13. The summed E-state index contributed by atoms with van der Waals surface area (Å²) in [6.07, 6.45) is -3.64. The van der Waals surface area contributed by atoms with Crippen molar-refractivity contribution in [3.05, 3.63) is 81.2 Å². The molecule has 0 spiro atoms. The zero-order valence-corrected chi connectivity index (χ0v) is 14.2. The molecule has 0 fully saturated rings. The number of para-hydroxylation sites is 1. The molecule has 1 amide bonds. The number of aromatic nitrogens is 2. The van der Waals surface area contributed by atoms with Crippen molar-refractivity contribution < 1.29 is 18.0 Å². The third-order valence-electron chi connectivity index (χ3n) is 3.64. The van der Waals surface area contributed by atoms with Crippen molar-refractivity contribution >= 4 is 23.2 Å². The summed E-state index contributed by atoms with van der Waals surface area (Å²) in [5.41, 5.74) is -2.09. The van der Waals surface area contributed by atoms with Crippen LogP contribution in [0.4, 0.5) is 18.9 Å². The van der Waals surface area contributed by atoms with E-state index in [-0.39, 0.29) is 5.82 Å². The van der Waals surface area contributed by atoms with Crippen molar-refractivity contribution in [3.63, 3.8) is 0 Å². The number of hydrogen-bond acceptors (Lipinski definition) is 3. The van der Waals surface area contributed by atoms with Crippen LogP contribution in [0.25, 0.3) is 11.4 Å². The molecule has 0 bridgehead atoms. The van der Waals surface area contributed by atoms with E-state index in [1.165, 1.54) is 12.1 Å². The van der Waals surface area contributed by atoms with Crippen LogP contribution in [0.15, 0.2) is 59.5 Å². The predicted octanol–water partition coefficient (Wildman–Crippen LogP) is 4.36. The van der Waals surface area contributed by atoms with Gasteiger partial charge in [0.15, 0.2) is 0 Å². The first-order valence-corrected chi connectivity index (χ1v) is 7.96. The Labute approximate surface area is 155 Å². The van der Waals surface area contributed by atoms with Crippen LogP contribution in [0.3, 0.4) is 0 Å². The average Bonchev–Trinajstić information content (AvgIpc) is 2.61. The number of halogens is 4. The second-order valence-electron chi connectivity index (χ2n) is 5.48. The molecular formula is C18H11ClF3N3O2. The minimum absolute atomic E-state index is 0.198. The van der Waals surface area contributed by atoms with Crippen molar-refractivity contribution in [2.24, 2.45) is 0 Å². The number of hydrogen-bond donors (Lipinski definition) is 2. The highest BCUT2D eigenvalue weighted by atomic mass is 35.5. The molecule has 0 aliphatic heterocycles. The third-order valence-corrected chi connectivity index (χ3v) is 3.89. The highest BCUT2D eigenvalue weighted by Crippen LogP contribution is 2.34. The summed E-state index contributed by atoms with van der Waals surface area (Å²) in [6, 6.07) is 10.9. The standard InChI is InChI=1S/C18H11ClF3N3O2/c19-11-7-5-10(6-8-11)15-23-9-12(17(27)25-15)16(26)24-14-4-2-1-3-13(14)18(20,21)22/h1-9H,(H,24,26)(H,23,25,27). The number of carbonyl (C=O) groups is 1. The first kappa shape index (κ1) is 18.7. The number of H-pyrrole nitrogens is 1. The van der Waals surface area contributed by atoms with Crippen LogP contribution in [0.5, 0.6) is 0 Å². The van der Waals surface area contributed by atoms with Crippen LogP contribution in [0.1, 0.15) is 15.9 Å². The van der Waals surface area contributed by atoms with Gasteiger partial charge in [0.2, 0.25) is 0 Å². The van der Waals surface area contributed by atoms with Gasteiger partial charge in [0, 0.05) is 16.8 Å². The van der Waals surface area contributed by atoms with E-state index in [9.17, 15) is 22.8 Å². The zero-order chi connectivity index (χ0) is 19.6. The fraction of sp³-hybridized carbons (Fsp3) is 0.0556. The normalized spacial score (nSPS) is 11.3. The molecule has 0 unspecified atom stereocenters. The van der Waals surface area contributed by atoms with E-state index < -0.39 is 34.5 Å². The molecule has 2 N–H and O–H groups in total. The zero-order valence-electron chi connectivity index (χ0n) is 13.5. The Bertz CT molecular complexity index is 1050. The molecule has 3 aromatic rings. The molecule has 9 heteroatoms. The van der Waals surface area contributed by atoms with Gasteiger partial charge in [-0.1, -0.05) is 23.7 Å². The molecule has 1 aromatic heterocycles. The summed E-state index contributed by atoms with van der Waals surface area (Å²) in [4.78, 5) is 30.9. The van der Waals surface area contributed by atoms with Crippen LogP contribution in [0, 0.1) is 0 Å². The van der Waals surface area contributed by atoms with E-state index in [4.69, 9.17) is 11.6 Å². The summed E-state index contributed by atoms with van der Waals surface area (Å²) in [6.45, 7) is 0. The van der Waals surface area contributed by atoms with Crippen molar-refractivity contribution in [1.29, 1.82) is 0 Å². The van der Waals surface area contributed by atoms with Crippen molar-refractivity contribution in [2.75, 3.05) is 5.32 Å². The number of alkyl halides is 3. The molecule has 138 valence electrons. The van der Waals surface area contributed by atoms with Gasteiger partial charge in [-0.25, -0.2) is 4.98 Å². The monoisotopic (exact) mass is 393 g/mol. The summed E-state index contributed by atoms with van der Waals surface area (Å²) in [5.74, 6) is -0.799. The Kier molecular flexibility index (Phi) is 5.00. The molecule has 0 atom stereocenters. The van der Waals surface area contributed by atoms with Gasteiger partial charge < -0.3 is 10.3 Å². The molecule has 1 heterocycles. The molecule has 0 saturated heterocycles. The van der Waals surface area contributed by atoms with Crippen molar-refractivity contribution in [3.8, 4) is 11.4 Å². The quantitative estimate of drug-likeness (QED) is 0.694. The van der Waals surface area contributed by atoms with Crippen LogP contribution in [-0.4, -0.2) is 15.9 Å². The molecule has 0 radical (unpaired) electrons. The molecule has 27 heavy (non-hydrogen) atoms. The lowest BCUT2D eigenvalue weighted by atomic mass is 10.1. The molecule has 0 aliphatic rings. The van der Waals surface area contributed by atoms with Gasteiger partial charge in [0.25, 0.3) is 11.5 Å². The number of nitrogens with zero attached hydrogens (tertiary/aromatic N) is 1. The van der Waals surface area contributed by atoms with Crippen LogP contribution in [-0.2, 0) is 6.18 Å². The average molecular weight is 394 g/mol. The van der Waals surface area contributed by atoms with Gasteiger partial charge >= 0.3 is 6.18 Å².